The van der Waals surface area contributed by atoms with E-state index in [2.05, 4.69) is 35.9 Å². The van der Waals surface area contributed by atoms with Crippen LogP contribution in [0.3, 0.4) is 0 Å². The van der Waals surface area contributed by atoms with Gasteiger partial charge in [-0.05, 0) is 22.0 Å². The molecule has 0 saturated carbocycles. The first kappa shape index (κ1) is 12.3. The zero-order chi connectivity index (χ0) is 12.3. The molecule has 1 fully saturated rings. The minimum absolute atomic E-state index is 0.370. The molecule has 2 heterocycles. The second-order valence-electron chi connectivity index (χ2n) is 3.76. The van der Waals surface area contributed by atoms with Crippen LogP contribution in [0.4, 0.5) is 5.82 Å². The molecule has 1 N–H and O–H groups in total. The average Bonchev–Trinajstić information content (AvgIpc) is 2.38. The smallest absolute Gasteiger partial charge is 0.339 e. The van der Waals surface area contributed by atoms with Crippen molar-refractivity contribution in [2.75, 3.05) is 38.2 Å². The molecule has 17 heavy (non-hydrogen) atoms. The molecule has 0 aliphatic carbocycles. The monoisotopic (exact) mass is 299 g/mol. The largest absolute Gasteiger partial charge is 0.465 e. The van der Waals surface area contributed by atoms with Gasteiger partial charge in [0.05, 0.1) is 17.1 Å². The van der Waals surface area contributed by atoms with E-state index in [9.17, 15) is 4.79 Å². The van der Waals surface area contributed by atoms with Crippen LogP contribution in [-0.2, 0) is 4.74 Å². The minimum Gasteiger partial charge on any atom is -0.465 e. The molecule has 6 heteroatoms. The van der Waals surface area contributed by atoms with Crippen molar-refractivity contribution in [1.82, 2.24) is 10.3 Å². The normalized spacial score (nSPS) is 15.8. The molecular formula is C11H14BrN3O2. The van der Waals surface area contributed by atoms with Gasteiger partial charge in [0, 0.05) is 32.4 Å². The third kappa shape index (κ3) is 2.76. The van der Waals surface area contributed by atoms with Crippen LogP contribution in [0.15, 0.2) is 16.7 Å². The Morgan fingerprint density at radius 3 is 2.82 bits per heavy atom. The highest BCUT2D eigenvalue weighted by molar-refractivity contribution is 9.10. The maximum Gasteiger partial charge on any atom is 0.339 e. The molecule has 2 rings (SSSR count). The van der Waals surface area contributed by atoms with Gasteiger partial charge in [-0.2, -0.15) is 0 Å². The third-order valence-corrected chi connectivity index (χ3v) is 3.24. The maximum atomic E-state index is 11.3. The van der Waals surface area contributed by atoms with Crippen molar-refractivity contribution in [1.29, 1.82) is 0 Å². The number of hydrogen-bond acceptors (Lipinski definition) is 5. The molecule has 1 aromatic rings. The van der Waals surface area contributed by atoms with E-state index in [1.54, 1.807) is 12.3 Å². The number of ether oxygens (including phenoxy) is 1. The van der Waals surface area contributed by atoms with Crippen LogP contribution < -0.4 is 10.2 Å². The van der Waals surface area contributed by atoms with Crippen molar-refractivity contribution in [2.24, 2.45) is 0 Å². The van der Waals surface area contributed by atoms with Gasteiger partial charge in [0.15, 0.2) is 0 Å². The molecule has 92 valence electrons. The minimum atomic E-state index is -0.370. The van der Waals surface area contributed by atoms with Crippen molar-refractivity contribution in [3.63, 3.8) is 0 Å². The predicted molar refractivity (Wildman–Crippen MR) is 68.4 cm³/mol. The van der Waals surface area contributed by atoms with E-state index >= 15 is 0 Å². The first-order chi connectivity index (χ1) is 8.22. The first-order valence-electron chi connectivity index (χ1n) is 5.42. The molecule has 0 bridgehead atoms. The van der Waals surface area contributed by atoms with Crippen LogP contribution in [0, 0.1) is 0 Å². The van der Waals surface area contributed by atoms with E-state index in [4.69, 9.17) is 0 Å². The van der Waals surface area contributed by atoms with Crippen LogP contribution in [0.25, 0.3) is 0 Å². The molecular weight excluding hydrogens is 286 g/mol. The van der Waals surface area contributed by atoms with Crippen LogP contribution in [-0.4, -0.2) is 44.2 Å². The number of esters is 1. The molecule has 1 aliphatic heterocycles. The fourth-order valence-electron chi connectivity index (χ4n) is 1.77. The summed E-state index contributed by atoms with van der Waals surface area (Å²) in [6.45, 7) is 3.74. The Morgan fingerprint density at radius 2 is 2.24 bits per heavy atom. The van der Waals surface area contributed by atoms with Gasteiger partial charge in [0.2, 0.25) is 0 Å². The number of rotatable bonds is 2. The summed E-state index contributed by atoms with van der Waals surface area (Å²) < 4.78 is 5.47. The van der Waals surface area contributed by atoms with Crippen molar-refractivity contribution in [3.8, 4) is 0 Å². The number of aromatic nitrogens is 1. The Balaban J connectivity index is 2.21. The van der Waals surface area contributed by atoms with Gasteiger partial charge in [-0.1, -0.05) is 0 Å². The van der Waals surface area contributed by atoms with E-state index in [0.29, 0.717) is 5.56 Å². The number of anilines is 1. The highest BCUT2D eigenvalue weighted by Gasteiger charge is 2.16. The summed E-state index contributed by atoms with van der Waals surface area (Å²) in [7, 11) is 1.36. The fraction of sp³-hybridized carbons (Fsp3) is 0.455. The number of halogens is 1. The number of piperazine rings is 1. The van der Waals surface area contributed by atoms with Crippen molar-refractivity contribution in [3.05, 3.63) is 22.3 Å². The average molecular weight is 300 g/mol. The standard InChI is InChI=1S/C11H14BrN3O2/c1-17-11(16)8-6-9(12)10(14-7-8)15-4-2-13-3-5-15/h6-7,13H,2-5H2,1H3. The zero-order valence-corrected chi connectivity index (χ0v) is 11.2. The van der Waals surface area contributed by atoms with Crippen molar-refractivity contribution in [2.45, 2.75) is 0 Å². The van der Waals surface area contributed by atoms with Gasteiger partial charge < -0.3 is 15.0 Å². The molecule has 0 unspecified atom stereocenters. The summed E-state index contributed by atoms with van der Waals surface area (Å²) in [4.78, 5) is 17.9. The topological polar surface area (TPSA) is 54.5 Å². The Labute approximate surface area is 108 Å². The van der Waals surface area contributed by atoms with Crippen LogP contribution >= 0.6 is 15.9 Å². The number of hydrogen-bond donors (Lipinski definition) is 1. The van der Waals surface area contributed by atoms with Gasteiger partial charge in [0.1, 0.15) is 5.82 Å². The van der Waals surface area contributed by atoms with Gasteiger partial charge in [0.25, 0.3) is 0 Å². The molecule has 0 radical (unpaired) electrons. The highest BCUT2D eigenvalue weighted by Crippen LogP contribution is 2.25. The summed E-state index contributed by atoms with van der Waals surface area (Å²) in [5.74, 6) is 0.504. The number of nitrogens with zero attached hydrogens (tertiary/aromatic N) is 2. The molecule has 1 aliphatic rings. The summed E-state index contributed by atoms with van der Waals surface area (Å²) in [6.07, 6.45) is 1.55. The first-order valence-corrected chi connectivity index (χ1v) is 6.21. The van der Waals surface area contributed by atoms with Crippen molar-refractivity contribution < 1.29 is 9.53 Å². The molecule has 0 aromatic carbocycles. The van der Waals surface area contributed by atoms with Crippen LogP contribution in [0.1, 0.15) is 10.4 Å². The number of carbonyl (C=O) groups is 1. The SMILES string of the molecule is COC(=O)c1cnc(N2CCNCC2)c(Br)c1. The number of pyridine rings is 1. The van der Waals surface area contributed by atoms with E-state index in [0.717, 1.165) is 36.5 Å². The molecule has 1 aromatic heterocycles. The van der Waals surface area contributed by atoms with E-state index in [1.807, 2.05) is 0 Å². The molecule has 5 nitrogen and oxygen atoms in total. The van der Waals surface area contributed by atoms with E-state index < -0.39 is 0 Å². The summed E-state index contributed by atoms with van der Waals surface area (Å²) >= 11 is 3.45. The molecule has 0 spiro atoms. The summed E-state index contributed by atoms with van der Waals surface area (Å²) in [5.41, 5.74) is 0.457. The second-order valence-corrected chi connectivity index (χ2v) is 4.61. The third-order valence-electron chi connectivity index (χ3n) is 2.66. The molecule has 0 atom stereocenters. The van der Waals surface area contributed by atoms with Crippen molar-refractivity contribution >= 4 is 27.7 Å². The lowest BCUT2D eigenvalue weighted by atomic mass is 10.2. The number of carbonyl (C=O) groups excluding carboxylic acids is 1. The second kappa shape index (κ2) is 5.46. The fourth-order valence-corrected chi connectivity index (χ4v) is 2.37. The highest BCUT2D eigenvalue weighted by atomic mass is 79.9. The van der Waals surface area contributed by atoms with Gasteiger partial charge in [-0.15, -0.1) is 0 Å². The lowest BCUT2D eigenvalue weighted by Crippen LogP contribution is -2.44. The number of nitrogens with one attached hydrogen (secondary N) is 1. The number of methoxy groups -OCH3 is 1. The molecule has 0 amide bonds. The van der Waals surface area contributed by atoms with Gasteiger partial charge in [-0.3, -0.25) is 0 Å². The van der Waals surface area contributed by atoms with Gasteiger partial charge >= 0.3 is 5.97 Å². The Kier molecular flexibility index (Phi) is 3.96. The maximum absolute atomic E-state index is 11.3. The Morgan fingerprint density at radius 1 is 1.53 bits per heavy atom. The Hall–Kier alpha value is -1.14. The Bertz CT molecular complexity index is 419. The van der Waals surface area contributed by atoms with E-state index in [-0.39, 0.29) is 5.97 Å². The quantitative estimate of drug-likeness (QED) is 0.827. The lowest BCUT2D eigenvalue weighted by Gasteiger charge is -2.29. The lowest BCUT2D eigenvalue weighted by molar-refractivity contribution is 0.0600. The van der Waals surface area contributed by atoms with Crippen LogP contribution in [0.5, 0.6) is 0 Å². The van der Waals surface area contributed by atoms with Gasteiger partial charge in [-0.25, -0.2) is 9.78 Å². The zero-order valence-electron chi connectivity index (χ0n) is 9.57. The summed E-state index contributed by atoms with van der Waals surface area (Å²) in [6, 6.07) is 1.75. The summed E-state index contributed by atoms with van der Waals surface area (Å²) in [5, 5.41) is 3.28. The predicted octanol–water partition coefficient (Wildman–Crippen LogP) is 1.04. The van der Waals surface area contributed by atoms with Crippen LogP contribution in [0.2, 0.25) is 0 Å². The van der Waals surface area contributed by atoms with E-state index in [1.165, 1.54) is 7.11 Å². The molecule has 1 saturated heterocycles.